The number of ketones is 1. The van der Waals surface area contributed by atoms with Gasteiger partial charge in [0.1, 0.15) is 0 Å². The summed E-state index contributed by atoms with van der Waals surface area (Å²) < 4.78 is 0.731. The Labute approximate surface area is 171 Å². The Hall–Kier alpha value is -2.71. The van der Waals surface area contributed by atoms with E-state index in [4.69, 9.17) is 0 Å². The Balaban J connectivity index is 1.55. The summed E-state index contributed by atoms with van der Waals surface area (Å²) in [6, 6.07) is 13.0. The van der Waals surface area contributed by atoms with Gasteiger partial charge >= 0.3 is 0 Å². The van der Waals surface area contributed by atoms with E-state index in [0.29, 0.717) is 16.4 Å². The minimum Gasteiger partial charge on any atom is -0.330 e. The SMILES string of the molecule is CC(=O)Nc1ccc(C(=O)CSc2nnc(Nc3ccc(C)c(C)c3)s2)cc1. The molecule has 0 unspecified atom stereocenters. The maximum Gasteiger partial charge on any atom is 0.221 e. The summed E-state index contributed by atoms with van der Waals surface area (Å²) in [7, 11) is 0. The number of rotatable bonds is 7. The zero-order valence-electron chi connectivity index (χ0n) is 15.8. The van der Waals surface area contributed by atoms with Crippen LogP contribution in [-0.2, 0) is 4.79 Å². The highest BCUT2D eigenvalue weighted by atomic mass is 32.2. The van der Waals surface area contributed by atoms with Crippen LogP contribution in [0.5, 0.6) is 0 Å². The van der Waals surface area contributed by atoms with Crippen LogP contribution in [-0.4, -0.2) is 27.6 Å². The number of anilines is 3. The number of amides is 1. The molecule has 6 nitrogen and oxygen atoms in total. The van der Waals surface area contributed by atoms with E-state index < -0.39 is 0 Å². The van der Waals surface area contributed by atoms with Crippen LogP contribution < -0.4 is 10.6 Å². The predicted octanol–water partition coefficient (Wildman–Crippen LogP) is 4.83. The predicted molar refractivity (Wildman–Crippen MR) is 115 cm³/mol. The molecule has 0 aliphatic rings. The largest absolute Gasteiger partial charge is 0.330 e. The third-order valence-electron chi connectivity index (χ3n) is 4.02. The van der Waals surface area contributed by atoms with Gasteiger partial charge in [-0.1, -0.05) is 29.2 Å². The molecule has 1 aromatic heterocycles. The van der Waals surface area contributed by atoms with Crippen molar-refractivity contribution in [2.45, 2.75) is 25.1 Å². The molecule has 0 aliphatic carbocycles. The number of aromatic nitrogens is 2. The lowest BCUT2D eigenvalue weighted by Gasteiger charge is -2.05. The standard InChI is InChI=1S/C20H20N4O2S2/c1-12-4-7-17(10-13(12)2)22-19-23-24-20(28-19)27-11-18(26)15-5-8-16(9-6-15)21-14(3)25/h4-10H,11H2,1-3H3,(H,21,25)(H,22,23). The third-order valence-corrected chi connectivity index (χ3v) is 5.99. The minimum atomic E-state index is -0.142. The number of hydrogen-bond acceptors (Lipinski definition) is 7. The molecule has 0 saturated heterocycles. The highest BCUT2D eigenvalue weighted by Crippen LogP contribution is 2.28. The molecule has 0 saturated carbocycles. The summed E-state index contributed by atoms with van der Waals surface area (Å²) in [5, 5.41) is 14.9. The molecule has 0 radical (unpaired) electrons. The van der Waals surface area contributed by atoms with Crippen LogP contribution in [0.4, 0.5) is 16.5 Å². The molecule has 0 aliphatic heterocycles. The summed E-state index contributed by atoms with van der Waals surface area (Å²) in [5.74, 6) is 0.131. The monoisotopic (exact) mass is 412 g/mol. The number of nitrogens with one attached hydrogen (secondary N) is 2. The third kappa shape index (κ3) is 5.40. The van der Waals surface area contributed by atoms with Crippen molar-refractivity contribution in [2.75, 3.05) is 16.4 Å². The Kier molecular flexibility index (Phi) is 6.43. The maximum atomic E-state index is 12.4. The minimum absolute atomic E-state index is 0.00163. The van der Waals surface area contributed by atoms with Gasteiger partial charge in [0.05, 0.1) is 5.75 Å². The number of hydrogen-bond donors (Lipinski definition) is 2. The van der Waals surface area contributed by atoms with Gasteiger partial charge in [-0.2, -0.15) is 0 Å². The summed E-state index contributed by atoms with van der Waals surface area (Å²) in [4.78, 5) is 23.4. The number of carbonyl (C=O) groups is 2. The molecule has 0 atom stereocenters. The van der Waals surface area contributed by atoms with E-state index in [1.807, 2.05) is 6.07 Å². The molecule has 0 bridgehead atoms. The molecule has 1 heterocycles. The van der Waals surface area contributed by atoms with Crippen LogP contribution in [0.25, 0.3) is 0 Å². The first kappa shape index (κ1) is 20.0. The highest BCUT2D eigenvalue weighted by molar-refractivity contribution is 8.01. The van der Waals surface area contributed by atoms with Crippen LogP contribution in [0.3, 0.4) is 0 Å². The number of aryl methyl sites for hydroxylation is 2. The zero-order chi connectivity index (χ0) is 20.1. The second kappa shape index (κ2) is 8.99. The summed E-state index contributed by atoms with van der Waals surface area (Å²) >= 11 is 2.77. The first-order valence-electron chi connectivity index (χ1n) is 8.62. The Bertz CT molecular complexity index is 1000. The van der Waals surface area contributed by atoms with Crippen LogP contribution in [0.2, 0.25) is 0 Å². The molecular weight excluding hydrogens is 392 g/mol. The highest BCUT2D eigenvalue weighted by Gasteiger charge is 2.11. The summed E-state index contributed by atoms with van der Waals surface area (Å²) in [5.41, 5.74) is 4.68. The average Bonchev–Trinajstić information content (AvgIpc) is 3.10. The lowest BCUT2D eigenvalue weighted by atomic mass is 10.1. The number of nitrogens with zero attached hydrogens (tertiary/aromatic N) is 2. The normalized spacial score (nSPS) is 10.5. The fraction of sp³-hybridized carbons (Fsp3) is 0.200. The van der Waals surface area contributed by atoms with Crippen molar-refractivity contribution in [3.63, 3.8) is 0 Å². The van der Waals surface area contributed by atoms with Crippen LogP contribution in [0.1, 0.15) is 28.4 Å². The average molecular weight is 413 g/mol. The molecule has 0 fully saturated rings. The van der Waals surface area contributed by atoms with Crippen molar-refractivity contribution in [3.05, 3.63) is 59.2 Å². The van der Waals surface area contributed by atoms with E-state index in [0.717, 1.165) is 10.0 Å². The van der Waals surface area contributed by atoms with E-state index >= 15 is 0 Å². The molecule has 3 aromatic rings. The van der Waals surface area contributed by atoms with Crippen molar-refractivity contribution >= 4 is 51.3 Å². The maximum absolute atomic E-state index is 12.4. The molecule has 144 valence electrons. The van der Waals surface area contributed by atoms with Crippen LogP contribution >= 0.6 is 23.1 Å². The summed E-state index contributed by atoms with van der Waals surface area (Å²) in [6.45, 7) is 5.58. The van der Waals surface area contributed by atoms with Gasteiger partial charge in [0.2, 0.25) is 11.0 Å². The quantitative estimate of drug-likeness (QED) is 0.427. The van der Waals surface area contributed by atoms with Crippen LogP contribution in [0.15, 0.2) is 46.8 Å². The van der Waals surface area contributed by atoms with E-state index in [2.05, 4.69) is 46.8 Å². The zero-order valence-corrected chi connectivity index (χ0v) is 17.4. The molecule has 3 rings (SSSR count). The number of carbonyl (C=O) groups excluding carboxylic acids is 2. The van der Waals surface area contributed by atoms with Crippen molar-refractivity contribution in [1.29, 1.82) is 0 Å². The van der Waals surface area contributed by atoms with Crippen molar-refractivity contribution < 1.29 is 9.59 Å². The molecule has 28 heavy (non-hydrogen) atoms. The van der Waals surface area contributed by atoms with E-state index in [1.54, 1.807) is 24.3 Å². The Morgan fingerprint density at radius 1 is 1.00 bits per heavy atom. The second-order valence-corrected chi connectivity index (χ2v) is 8.47. The van der Waals surface area contributed by atoms with E-state index in [1.165, 1.54) is 41.1 Å². The molecule has 1 amide bonds. The number of benzene rings is 2. The Morgan fingerprint density at radius 3 is 2.39 bits per heavy atom. The van der Waals surface area contributed by atoms with Gasteiger partial charge in [-0.05, 0) is 61.4 Å². The smallest absolute Gasteiger partial charge is 0.221 e. The van der Waals surface area contributed by atoms with Gasteiger partial charge in [0.25, 0.3) is 0 Å². The number of thioether (sulfide) groups is 1. The lowest BCUT2D eigenvalue weighted by molar-refractivity contribution is -0.114. The molecule has 8 heteroatoms. The Morgan fingerprint density at radius 2 is 1.71 bits per heavy atom. The van der Waals surface area contributed by atoms with Gasteiger partial charge in [0, 0.05) is 23.9 Å². The fourth-order valence-corrected chi connectivity index (χ4v) is 4.08. The molecule has 0 spiro atoms. The van der Waals surface area contributed by atoms with Gasteiger partial charge in [-0.25, -0.2) is 0 Å². The van der Waals surface area contributed by atoms with Gasteiger partial charge in [0.15, 0.2) is 10.1 Å². The van der Waals surface area contributed by atoms with E-state index in [-0.39, 0.29) is 17.4 Å². The number of Topliss-reactive ketones (excluding diaryl/α,β-unsaturated/α-hetero) is 1. The van der Waals surface area contributed by atoms with Crippen molar-refractivity contribution in [3.8, 4) is 0 Å². The molecule has 2 N–H and O–H groups in total. The van der Waals surface area contributed by atoms with Crippen LogP contribution in [0, 0.1) is 13.8 Å². The fourth-order valence-electron chi connectivity index (χ4n) is 2.41. The lowest BCUT2D eigenvalue weighted by Crippen LogP contribution is -2.06. The van der Waals surface area contributed by atoms with Gasteiger partial charge in [-0.3, -0.25) is 9.59 Å². The van der Waals surface area contributed by atoms with Gasteiger partial charge < -0.3 is 10.6 Å². The van der Waals surface area contributed by atoms with E-state index in [9.17, 15) is 9.59 Å². The van der Waals surface area contributed by atoms with Gasteiger partial charge in [-0.15, -0.1) is 10.2 Å². The molecular formula is C20H20N4O2S2. The second-order valence-electron chi connectivity index (χ2n) is 6.27. The van der Waals surface area contributed by atoms with Crippen molar-refractivity contribution in [1.82, 2.24) is 10.2 Å². The summed E-state index contributed by atoms with van der Waals surface area (Å²) in [6.07, 6.45) is 0. The van der Waals surface area contributed by atoms with Crippen molar-refractivity contribution in [2.24, 2.45) is 0 Å². The first-order chi connectivity index (χ1) is 13.4. The first-order valence-corrected chi connectivity index (χ1v) is 10.4. The topological polar surface area (TPSA) is 84.0 Å². The molecule has 2 aromatic carbocycles.